The van der Waals surface area contributed by atoms with Gasteiger partial charge in [0, 0.05) is 11.8 Å². The Kier molecular flexibility index (Phi) is 2.79. The molecule has 0 amide bonds. The van der Waals surface area contributed by atoms with E-state index in [2.05, 4.69) is 14.7 Å². The van der Waals surface area contributed by atoms with Crippen molar-refractivity contribution >= 4 is 5.97 Å². The molecule has 70 valence electrons. The molecular formula is C8H10N2O3. The van der Waals surface area contributed by atoms with Gasteiger partial charge in [-0.3, -0.25) is 9.59 Å². The van der Waals surface area contributed by atoms with Crippen molar-refractivity contribution in [3.63, 3.8) is 0 Å². The first-order valence-corrected chi connectivity index (χ1v) is 3.75. The molecule has 0 spiro atoms. The summed E-state index contributed by atoms with van der Waals surface area (Å²) in [7, 11) is 1.29. The fraction of sp³-hybridized carbons (Fsp3) is 0.375. The number of carbonyl (C=O) groups excluding carboxylic acids is 1. The zero-order valence-electron chi connectivity index (χ0n) is 7.46. The summed E-state index contributed by atoms with van der Waals surface area (Å²) in [4.78, 5) is 28.2. The second-order valence-electron chi connectivity index (χ2n) is 2.59. The van der Waals surface area contributed by atoms with Gasteiger partial charge in [0.25, 0.3) is 5.56 Å². The minimum absolute atomic E-state index is 0.00653. The highest BCUT2D eigenvalue weighted by molar-refractivity contribution is 5.71. The summed E-state index contributed by atoms with van der Waals surface area (Å²) < 4.78 is 4.43. The van der Waals surface area contributed by atoms with Gasteiger partial charge in [-0.1, -0.05) is 0 Å². The number of aryl methyl sites for hydroxylation is 1. The molecule has 0 aliphatic rings. The van der Waals surface area contributed by atoms with E-state index in [9.17, 15) is 9.59 Å². The summed E-state index contributed by atoms with van der Waals surface area (Å²) in [6, 6.07) is 1.36. The topological polar surface area (TPSA) is 72.0 Å². The van der Waals surface area contributed by atoms with Gasteiger partial charge in [0.05, 0.1) is 7.11 Å². The first kappa shape index (κ1) is 9.44. The summed E-state index contributed by atoms with van der Waals surface area (Å²) >= 11 is 0. The molecule has 0 aliphatic heterocycles. The van der Waals surface area contributed by atoms with Gasteiger partial charge < -0.3 is 9.72 Å². The Morgan fingerprint density at radius 1 is 1.69 bits per heavy atom. The van der Waals surface area contributed by atoms with Gasteiger partial charge in [-0.2, -0.15) is 0 Å². The van der Waals surface area contributed by atoms with E-state index < -0.39 is 5.97 Å². The SMILES string of the molecule is COC(=O)Cc1nc(C)cc(=O)[nH]1. The summed E-state index contributed by atoms with van der Waals surface area (Å²) in [6.45, 7) is 1.69. The van der Waals surface area contributed by atoms with Crippen LogP contribution in [0.2, 0.25) is 0 Å². The second-order valence-corrected chi connectivity index (χ2v) is 2.59. The van der Waals surface area contributed by atoms with Crippen molar-refractivity contribution in [3.8, 4) is 0 Å². The molecule has 0 aliphatic carbocycles. The third-order valence-corrected chi connectivity index (χ3v) is 1.46. The molecule has 1 aromatic heterocycles. The van der Waals surface area contributed by atoms with E-state index in [-0.39, 0.29) is 12.0 Å². The molecule has 0 saturated heterocycles. The van der Waals surface area contributed by atoms with Gasteiger partial charge in [-0.15, -0.1) is 0 Å². The first-order chi connectivity index (χ1) is 6.11. The maximum Gasteiger partial charge on any atom is 0.313 e. The maximum absolute atomic E-state index is 10.9. The van der Waals surface area contributed by atoms with Crippen molar-refractivity contribution in [2.24, 2.45) is 0 Å². The number of carbonyl (C=O) groups is 1. The number of rotatable bonds is 2. The van der Waals surface area contributed by atoms with Crippen molar-refractivity contribution in [3.05, 3.63) is 27.9 Å². The molecule has 1 aromatic rings. The summed E-state index contributed by atoms with van der Waals surface area (Å²) in [5, 5.41) is 0. The van der Waals surface area contributed by atoms with Crippen LogP contribution in [0.5, 0.6) is 0 Å². The maximum atomic E-state index is 10.9. The Morgan fingerprint density at radius 2 is 2.38 bits per heavy atom. The molecule has 0 bridgehead atoms. The number of methoxy groups -OCH3 is 1. The van der Waals surface area contributed by atoms with Crippen LogP contribution in [-0.4, -0.2) is 23.0 Å². The molecular weight excluding hydrogens is 172 g/mol. The molecule has 5 heteroatoms. The highest BCUT2D eigenvalue weighted by Crippen LogP contribution is 1.92. The van der Waals surface area contributed by atoms with Gasteiger partial charge >= 0.3 is 5.97 Å². The lowest BCUT2D eigenvalue weighted by molar-refractivity contribution is -0.139. The predicted octanol–water partition coefficient (Wildman–Crippen LogP) is -0.206. The van der Waals surface area contributed by atoms with Gasteiger partial charge in [0.2, 0.25) is 0 Å². The lowest BCUT2D eigenvalue weighted by Crippen LogP contribution is -2.15. The van der Waals surface area contributed by atoms with Gasteiger partial charge in [-0.25, -0.2) is 4.98 Å². The lowest BCUT2D eigenvalue weighted by Gasteiger charge is -1.99. The summed E-state index contributed by atoms with van der Waals surface area (Å²) in [5.74, 6) is -0.0920. The second kappa shape index (κ2) is 3.84. The average Bonchev–Trinajstić information content (AvgIpc) is 2.02. The fourth-order valence-corrected chi connectivity index (χ4v) is 0.934. The van der Waals surface area contributed by atoms with Crippen molar-refractivity contribution in [2.75, 3.05) is 7.11 Å². The third kappa shape index (κ3) is 2.70. The Labute approximate surface area is 74.8 Å². The van der Waals surface area contributed by atoms with E-state index in [0.717, 1.165) is 0 Å². The zero-order valence-corrected chi connectivity index (χ0v) is 7.46. The monoisotopic (exact) mass is 182 g/mol. The van der Waals surface area contributed by atoms with E-state index in [1.807, 2.05) is 0 Å². The van der Waals surface area contributed by atoms with Crippen LogP contribution in [0, 0.1) is 6.92 Å². The number of hydrogen-bond acceptors (Lipinski definition) is 4. The Morgan fingerprint density at radius 3 is 2.92 bits per heavy atom. The number of nitrogens with zero attached hydrogens (tertiary/aromatic N) is 1. The summed E-state index contributed by atoms with van der Waals surface area (Å²) in [5.41, 5.74) is 0.328. The van der Waals surface area contributed by atoms with E-state index >= 15 is 0 Å². The van der Waals surface area contributed by atoms with Crippen molar-refractivity contribution < 1.29 is 9.53 Å². The van der Waals surface area contributed by atoms with Crippen LogP contribution < -0.4 is 5.56 Å². The first-order valence-electron chi connectivity index (χ1n) is 3.75. The molecule has 1 heterocycles. The van der Waals surface area contributed by atoms with Crippen molar-refractivity contribution in [1.82, 2.24) is 9.97 Å². The normalized spacial score (nSPS) is 9.69. The van der Waals surface area contributed by atoms with Gasteiger partial charge in [-0.05, 0) is 6.92 Å². The largest absolute Gasteiger partial charge is 0.469 e. The number of aromatic nitrogens is 2. The van der Waals surface area contributed by atoms with Gasteiger partial charge in [0.15, 0.2) is 0 Å². The zero-order chi connectivity index (χ0) is 9.84. The van der Waals surface area contributed by atoms with E-state index in [1.54, 1.807) is 6.92 Å². The fourth-order valence-electron chi connectivity index (χ4n) is 0.934. The number of aromatic amines is 1. The Bertz CT molecular complexity index is 370. The smallest absolute Gasteiger partial charge is 0.313 e. The van der Waals surface area contributed by atoms with Crippen LogP contribution in [0.1, 0.15) is 11.5 Å². The Hall–Kier alpha value is -1.65. The highest BCUT2D eigenvalue weighted by Gasteiger charge is 2.05. The average molecular weight is 182 g/mol. The third-order valence-electron chi connectivity index (χ3n) is 1.46. The molecule has 0 atom stereocenters. The molecule has 0 saturated carbocycles. The molecule has 0 radical (unpaired) electrons. The van der Waals surface area contributed by atoms with Crippen LogP contribution in [0.3, 0.4) is 0 Å². The Balaban J connectivity index is 2.89. The standard InChI is InChI=1S/C8H10N2O3/c1-5-3-7(11)10-6(9-5)4-8(12)13-2/h3H,4H2,1-2H3,(H,9,10,11). The molecule has 0 fully saturated rings. The number of nitrogens with one attached hydrogen (secondary N) is 1. The molecule has 5 nitrogen and oxygen atoms in total. The van der Waals surface area contributed by atoms with Crippen LogP contribution in [0.15, 0.2) is 10.9 Å². The van der Waals surface area contributed by atoms with Crippen molar-refractivity contribution in [2.45, 2.75) is 13.3 Å². The molecule has 0 aromatic carbocycles. The van der Waals surface area contributed by atoms with Crippen LogP contribution >= 0.6 is 0 Å². The van der Waals surface area contributed by atoms with E-state index in [4.69, 9.17) is 0 Å². The van der Waals surface area contributed by atoms with Crippen LogP contribution in [0.4, 0.5) is 0 Å². The lowest BCUT2D eigenvalue weighted by atomic mass is 10.3. The minimum Gasteiger partial charge on any atom is -0.469 e. The highest BCUT2D eigenvalue weighted by atomic mass is 16.5. The minimum atomic E-state index is -0.422. The van der Waals surface area contributed by atoms with Crippen molar-refractivity contribution in [1.29, 1.82) is 0 Å². The molecule has 13 heavy (non-hydrogen) atoms. The van der Waals surface area contributed by atoms with Crippen LogP contribution in [0.25, 0.3) is 0 Å². The molecule has 0 unspecified atom stereocenters. The quantitative estimate of drug-likeness (QED) is 0.642. The van der Waals surface area contributed by atoms with Crippen LogP contribution in [-0.2, 0) is 16.0 Å². The van der Waals surface area contributed by atoms with Gasteiger partial charge in [0.1, 0.15) is 12.2 Å². The van der Waals surface area contributed by atoms with E-state index in [1.165, 1.54) is 13.2 Å². The molecule has 1 rings (SSSR count). The number of ether oxygens (including phenoxy) is 1. The summed E-state index contributed by atoms with van der Waals surface area (Å²) in [6.07, 6.45) is -0.00653. The number of H-pyrrole nitrogens is 1. The predicted molar refractivity (Wildman–Crippen MR) is 45.3 cm³/mol. The van der Waals surface area contributed by atoms with E-state index in [0.29, 0.717) is 11.5 Å². The number of esters is 1. The molecule has 1 N–H and O–H groups in total. The number of hydrogen-bond donors (Lipinski definition) is 1.